The second-order valence-corrected chi connectivity index (χ2v) is 4.22. The third-order valence-corrected chi connectivity index (χ3v) is 2.78. The highest BCUT2D eigenvalue weighted by Crippen LogP contribution is 2.19. The van der Waals surface area contributed by atoms with Crippen LogP contribution in [0.1, 0.15) is 27.2 Å². The Kier molecular flexibility index (Phi) is 5.84. The van der Waals surface area contributed by atoms with Gasteiger partial charge in [-0.2, -0.15) is 0 Å². The topological polar surface area (TPSA) is 30.5 Å². The molecule has 1 rings (SSSR count). The second kappa shape index (κ2) is 7.17. The summed E-state index contributed by atoms with van der Waals surface area (Å²) >= 11 is 0. The van der Waals surface area contributed by atoms with Crippen molar-refractivity contribution in [1.29, 1.82) is 0 Å². The van der Waals surface area contributed by atoms with Crippen LogP contribution in [0.25, 0.3) is 0 Å². The molecule has 2 unspecified atom stereocenters. The van der Waals surface area contributed by atoms with E-state index in [1.165, 1.54) is 0 Å². The van der Waals surface area contributed by atoms with Crippen LogP contribution >= 0.6 is 0 Å². The van der Waals surface area contributed by atoms with Crippen LogP contribution in [-0.2, 0) is 0 Å². The standard InChI is InChI=1S/C14H23NO2/c1-5-10-16-13-6-8-14(9-7-13)17-12(3)11(2)15-4/h6-9,11-12,15H,5,10H2,1-4H3. The molecule has 0 amide bonds. The molecule has 0 heterocycles. The van der Waals surface area contributed by atoms with Crippen LogP contribution in [0, 0.1) is 0 Å². The summed E-state index contributed by atoms with van der Waals surface area (Å²) in [4.78, 5) is 0. The van der Waals surface area contributed by atoms with Crippen LogP contribution in [0.3, 0.4) is 0 Å². The molecular formula is C14H23NO2. The molecule has 17 heavy (non-hydrogen) atoms. The van der Waals surface area contributed by atoms with Gasteiger partial charge in [0.05, 0.1) is 6.61 Å². The number of benzene rings is 1. The van der Waals surface area contributed by atoms with Crippen molar-refractivity contribution < 1.29 is 9.47 Å². The normalized spacial score (nSPS) is 14.1. The van der Waals surface area contributed by atoms with Gasteiger partial charge in [0, 0.05) is 6.04 Å². The van der Waals surface area contributed by atoms with Crippen LogP contribution in [0.5, 0.6) is 11.5 Å². The van der Waals surface area contributed by atoms with Crippen molar-refractivity contribution in [1.82, 2.24) is 5.32 Å². The van der Waals surface area contributed by atoms with Gasteiger partial charge in [0.1, 0.15) is 17.6 Å². The molecule has 2 atom stereocenters. The van der Waals surface area contributed by atoms with Gasteiger partial charge in [-0.1, -0.05) is 6.92 Å². The molecule has 0 saturated carbocycles. The van der Waals surface area contributed by atoms with Crippen LogP contribution in [-0.4, -0.2) is 25.8 Å². The van der Waals surface area contributed by atoms with Crippen LogP contribution in [0.4, 0.5) is 0 Å². The number of ether oxygens (including phenoxy) is 2. The molecule has 0 aliphatic carbocycles. The molecule has 0 aliphatic rings. The van der Waals surface area contributed by atoms with E-state index in [4.69, 9.17) is 9.47 Å². The van der Waals surface area contributed by atoms with Crippen LogP contribution in [0.2, 0.25) is 0 Å². The minimum Gasteiger partial charge on any atom is -0.494 e. The Hall–Kier alpha value is -1.22. The molecule has 0 radical (unpaired) electrons. The highest BCUT2D eigenvalue weighted by Gasteiger charge is 2.11. The number of hydrogen-bond acceptors (Lipinski definition) is 3. The summed E-state index contributed by atoms with van der Waals surface area (Å²) in [5.41, 5.74) is 0. The predicted molar refractivity (Wildman–Crippen MR) is 70.8 cm³/mol. The van der Waals surface area contributed by atoms with Crippen molar-refractivity contribution >= 4 is 0 Å². The van der Waals surface area contributed by atoms with Crippen LogP contribution < -0.4 is 14.8 Å². The summed E-state index contributed by atoms with van der Waals surface area (Å²) in [6.45, 7) is 7.01. The molecule has 3 heteroatoms. The highest BCUT2D eigenvalue weighted by atomic mass is 16.5. The summed E-state index contributed by atoms with van der Waals surface area (Å²) < 4.78 is 11.3. The Bertz CT molecular complexity index is 311. The minimum absolute atomic E-state index is 0.141. The molecular weight excluding hydrogens is 214 g/mol. The third-order valence-electron chi connectivity index (χ3n) is 2.78. The SMILES string of the molecule is CCCOc1ccc(OC(C)C(C)NC)cc1. The summed E-state index contributed by atoms with van der Waals surface area (Å²) in [7, 11) is 1.94. The molecule has 96 valence electrons. The zero-order valence-corrected chi connectivity index (χ0v) is 11.2. The lowest BCUT2D eigenvalue weighted by atomic mass is 10.2. The van der Waals surface area contributed by atoms with Gasteiger partial charge in [0.25, 0.3) is 0 Å². The maximum atomic E-state index is 5.81. The van der Waals surface area contributed by atoms with Gasteiger partial charge in [-0.05, 0) is 51.6 Å². The Morgan fingerprint density at radius 1 is 1.12 bits per heavy atom. The van der Waals surface area contributed by atoms with Gasteiger partial charge >= 0.3 is 0 Å². The number of hydrogen-bond donors (Lipinski definition) is 1. The highest BCUT2D eigenvalue weighted by molar-refractivity contribution is 5.31. The number of nitrogens with one attached hydrogen (secondary N) is 1. The van der Waals surface area contributed by atoms with Crippen molar-refractivity contribution in [3.63, 3.8) is 0 Å². The molecule has 0 saturated heterocycles. The van der Waals surface area contributed by atoms with E-state index in [1.54, 1.807) is 0 Å². The van der Waals surface area contributed by atoms with Gasteiger partial charge in [0.15, 0.2) is 0 Å². The van der Waals surface area contributed by atoms with Crippen molar-refractivity contribution in [3.8, 4) is 11.5 Å². The number of likely N-dealkylation sites (N-methyl/N-ethyl adjacent to an activating group) is 1. The molecule has 1 aromatic rings. The maximum absolute atomic E-state index is 5.81. The van der Waals surface area contributed by atoms with Crippen molar-refractivity contribution in [2.24, 2.45) is 0 Å². The Morgan fingerprint density at radius 3 is 2.24 bits per heavy atom. The zero-order valence-electron chi connectivity index (χ0n) is 11.2. The largest absolute Gasteiger partial charge is 0.494 e. The van der Waals surface area contributed by atoms with E-state index in [-0.39, 0.29) is 6.10 Å². The van der Waals surface area contributed by atoms with Gasteiger partial charge in [-0.3, -0.25) is 0 Å². The van der Waals surface area contributed by atoms with E-state index in [1.807, 2.05) is 31.3 Å². The first-order valence-corrected chi connectivity index (χ1v) is 6.24. The third kappa shape index (κ3) is 4.65. The van der Waals surface area contributed by atoms with Gasteiger partial charge in [-0.15, -0.1) is 0 Å². The molecule has 0 bridgehead atoms. The first kappa shape index (κ1) is 13.8. The Balaban J connectivity index is 2.50. The lowest BCUT2D eigenvalue weighted by molar-refractivity contribution is 0.182. The molecule has 0 fully saturated rings. The molecule has 1 aromatic carbocycles. The molecule has 0 spiro atoms. The van der Waals surface area contributed by atoms with Crippen LogP contribution in [0.15, 0.2) is 24.3 Å². The average molecular weight is 237 g/mol. The Morgan fingerprint density at radius 2 is 1.71 bits per heavy atom. The monoisotopic (exact) mass is 237 g/mol. The quantitative estimate of drug-likeness (QED) is 0.791. The molecule has 0 aromatic heterocycles. The fourth-order valence-electron chi connectivity index (χ4n) is 1.39. The van der Waals surface area contributed by atoms with Gasteiger partial charge in [-0.25, -0.2) is 0 Å². The van der Waals surface area contributed by atoms with E-state index >= 15 is 0 Å². The van der Waals surface area contributed by atoms with E-state index in [0.29, 0.717) is 6.04 Å². The van der Waals surface area contributed by atoms with Gasteiger partial charge < -0.3 is 14.8 Å². The first-order chi connectivity index (χ1) is 8.17. The fraction of sp³-hybridized carbons (Fsp3) is 0.571. The molecule has 3 nitrogen and oxygen atoms in total. The number of rotatable bonds is 7. The summed E-state index contributed by atoms with van der Waals surface area (Å²) in [6.07, 6.45) is 1.16. The van der Waals surface area contributed by atoms with Crippen molar-refractivity contribution in [3.05, 3.63) is 24.3 Å². The lowest BCUT2D eigenvalue weighted by Gasteiger charge is -2.21. The summed E-state index contributed by atoms with van der Waals surface area (Å²) in [5.74, 6) is 1.77. The molecule has 0 aliphatic heterocycles. The maximum Gasteiger partial charge on any atom is 0.120 e. The smallest absolute Gasteiger partial charge is 0.120 e. The van der Waals surface area contributed by atoms with E-state index in [0.717, 1.165) is 24.5 Å². The zero-order chi connectivity index (χ0) is 12.7. The summed E-state index contributed by atoms with van der Waals surface area (Å²) in [5, 5.41) is 3.17. The van der Waals surface area contributed by atoms with E-state index in [9.17, 15) is 0 Å². The van der Waals surface area contributed by atoms with Gasteiger partial charge in [0.2, 0.25) is 0 Å². The van der Waals surface area contributed by atoms with Crippen molar-refractivity contribution in [2.45, 2.75) is 39.3 Å². The lowest BCUT2D eigenvalue weighted by Crippen LogP contribution is -2.36. The van der Waals surface area contributed by atoms with E-state index in [2.05, 4.69) is 26.1 Å². The first-order valence-electron chi connectivity index (χ1n) is 6.24. The van der Waals surface area contributed by atoms with E-state index < -0.39 is 0 Å². The van der Waals surface area contributed by atoms with Crippen molar-refractivity contribution in [2.75, 3.05) is 13.7 Å². The average Bonchev–Trinajstić information content (AvgIpc) is 2.37. The predicted octanol–water partition coefficient (Wildman–Crippen LogP) is 2.85. The molecule has 1 N–H and O–H groups in total. The Labute approximate surface area is 104 Å². The second-order valence-electron chi connectivity index (χ2n) is 4.22. The minimum atomic E-state index is 0.141. The fourth-order valence-corrected chi connectivity index (χ4v) is 1.39. The summed E-state index contributed by atoms with van der Waals surface area (Å²) in [6, 6.07) is 8.11.